The van der Waals surface area contributed by atoms with E-state index < -0.39 is 0 Å². The maximum absolute atomic E-state index is 2.37. The fourth-order valence-corrected chi connectivity index (χ4v) is 14.2. The van der Waals surface area contributed by atoms with Crippen LogP contribution in [-0.4, -0.2) is 0 Å². The van der Waals surface area contributed by atoms with Gasteiger partial charge in [0.2, 0.25) is 0 Å². The zero-order valence-electron chi connectivity index (χ0n) is 52.8. The van der Waals surface area contributed by atoms with Crippen LogP contribution >= 0.6 is 0 Å². The second-order valence-electron chi connectivity index (χ2n) is 24.8. The van der Waals surface area contributed by atoms with Crippen molar-refractivity contribution >= 4 is 122 Å². The lowest BCUT2D eigenvalue weighted by atomic mass is 9.85. The highest BCUT2D eigenvalue weighted by Crippen LogP contribution is 2.46. The molecule has 0 aliphatic carbocycles. The van der Waals surface area contributed by atoms with E-state index in [0.717, 1.165) is 78.7 Å². The van der Waals surface area contributed by atoms with Gasteiger partial charge in [0.1, 0.15) is 0 Å². The van der Waals surface area contributed by atoms with Crippen molar-refractivity contribution in [3.8, 4) is 22.3 Å². The first-order valence-corrected chi connectivity index (χ1v) is 33.0. The summed E-state index contributed by atoms with van der Waals surface area (Å²) < 4.78 is 0. The van der Waals surface area contributed by atoms with Crippen LogP contribution in [0.5, 0.6) is 0 Å². The van der Waals surface area contributed by atoms with Crippen LogP contribution in [0.2, 0.25) is 0 Å². The molecule has 0 amide bonds. The van der Waals surface area contributed by atoms with E-state index in [4.69, 9.17) is 0 Å². The molecule has 0 saturated carbocycles. The van der Waals surface area contributed by atoms with Gasteiger partial charge in [0.05, 0.1) is 0 Å². The maximum atomic E-state index is 2.37. The fourth-order valence-electron chi connectivity index (χ4n) is 14.2. The number of benzene rings is 17. The Morgan fingerprint density at radius 1 is 0.188 bits per heavy atom. The van der Waals surface area contributed by atoms with Crippen LogP contribution in [0, 0.1) is 0 Å². The van der Waals surface area contributed by atoms with Gasteiger partial charge >= 0.3 is 0 Å². The van der Waals surface area contributed by atoms with Crippen LogP contribution in [0.1, 0.15) is 33.4 Å². The maximum Gasteiger partial charge on any atom is 0.0468 e. The molecule has 17 aromatic rings. The molecular formula is C94H64N2. The van der Waals surface area contributed by atoms with Crippen LogP contribution < -0.4 is 9.80 Å². The quantitative estimate of drug-likeness (QED) is 0.0791. The van der Waals surface area contributed by atoms with E-state index in [1.54, 1.807) is 0 Å². The average Bonchev–Trinajstić information content (AvgIpc) is 0.748. The Balaban J connectivity index is 0.697. The molecule has 0 heterocycles. The Labute approximate surface area is 560 Å². The number of anilines is 6. The molecule has 450 valence electrons. The van der Waals surface area contributed by atoms with E-state index in [9.17, 15) is 0 Å². The first kappa shape index (κ1) is 57.3. The summed E-state index contributed by atoms with van der Waals surface area (Å²) in [5.41, 5.74) is 20.6. The Morgan fingerprint density at radius 3 is 0.719 bits per heavy atom. The van der Waals surface area contributed by atoms with E-state index in [0.29, 0.717) is 0 Å². The topological polar surface area (TPSA) is 6.48 Å². The molecule has 2 nitrogen and oxygen atoms in total. The molecule has 0 fully saturated rings. The van der Waals surface area contributed by atoms with Gasteiger partial charge in [0.25, 0.3) is 0 Å². The summed E-state index contributed by atoms with van der Waals surface area (Å²) in [5, 5.41) is 14.6. The predicted molar refractivity (Wildman–Crippen MR) is 411 cm³/mol. The predicted octanol–water partition coefficient (Wildman–Crippen LogP) is 26.1. The SMILES string of the molecule is C(=C(/c1ccccc1)c1ccc(-c2c3ccccc3c(-c3ccc(/C(=C/c4ccc(N(c5ccc6ccccc6c5)c5ccc6ccccc6c5)cc4)c4ccccc4)cc3)c3ccccc23)cc1)/c1ccc(N(c2ccc3ccccc3c2)c2ccc3ccccc3c2)cc1. The van der Waals surface area contributed by atoms with Crippen molar-refractivity contribution in [3.63, 3.8) is 0 Å². The number of fused-ring (bicyclic) bond motifs is 6. The summed E-state index contributed by atoms with van der Waals surface area (Å²) in [6.07, 6.45) is 4.67. The highest BCUT2D eigenvalue weighted by atomic mass is 15.1. The van der Waals surface area contributed by atoms with Gasteiger partial charge in [-0.05, 0) is 216 Å². The minimum Gasteiger partial charge on any atom is -0.310 e. The molecule has 0 aliphatic rings. The molecule has 0 radical (unpaired) electrons. The van der Waals surface area contributed by atoms with E-state index in [2.05, 4.69) is 398 Å². The third-order valence-electron chi connectivity index (χ3n) is 19.0. The van der Waals surface area contributed by atoms with Crippen LogP contribution in [0.25, 0.3) is 110 Å². The van der Waals surface area contributed by atoms with Crippen molar-refractivity contribution in [2.75, 3.05) is 9.80 Å². The first-order chi connectivity index (χ1) is 47.6. The Morgan fingerprint density at radius 2 is 0.427 bits per heavy atom. The van der Waals surface area contributed by atoms with Gasteiger partial charge in [0, 0.05) is 34.1 Å². The van der Waals surface area contributed by atoms with Gasteiger partial charge in [-0.3, -0.25) is 0 Å². The third kappa shape index (κ3) is 11.1. The monoisotopic (exact) mass is 1220 g/mol. The molecule has 17 aromatic carbocycles. The minimum atomic E-state index is 1.09. The van der Waals surface area contributed by atoms with Gasteiger partial charge in [0.15, 0.2) is 0 Å². The number of rotatable bonds is 14. The van der Waals surface area contributed by atoms with Crippen LogP contribution in [-0.2, 0) is 0 Å². The largest absolute Gasteiger partial charge is 0.310 e. The van der Waals surface area contributed by atoms with Crippen molar-refractivity contribution in [1.29, 1.82) is 0 Å². The lowest BCUT2D eigenvalue weighted by Gasteiger charge is -2.26. The van der Waals surface area contributed by atoms with Crippen molar-refractivity contribution in [2.24, 2.45) is 0 Å². The van der Waals surface area contributed by atoms with Crippen molar-refractivity contribution in [2.45, 2.75) is 0 Å². The lowest BCUT2D eigenvalue weighted by Crippen LogP contribution is -2.09. The molecule has 0 bridgehead atoms. The second kappa shape index (κ2) is 25.1. The van der Waals surface area contributed by atoms with Gasteiger partial charge < -0.3 is 9.80 Å². The van der Waals surface area contributed by atoms with Gasteiger partial charge in [-0.15, -0.1) is 0 Å². The van der Waals surface area contributed by atoms with E-state index in [1.807, 2.05) is 0 Å². The van der Waals surface area contributed by atoms with Crippen molar-refractivity contribution in [1.82, 2.24) is 0 Å². The second-order valence-corrected chi connectivity index (χ2v) is 24.8. The Hall–Kier alpha value is -12.6. The lowest BCUT2D eigenvalue weighted by molar-refractivity contribution is 1.29. The molecule has 0 atom stereocenters. The molecule has 0 aromatic heterocycles. The molecule has 2 heteroatoms. The van der Waals surface area contributed by atoms with E-state index in [1.165, 1.54) is 86.9 Å². The van der Waals surface area contributed by atoms with Gasteiger partial charge in [-0.25, -0.2) is 0 Å². The van der Waals surface area contributed by atoms with Crippen LogP contribution in [0.4, 0.5) is 34.1 Å². The van der Waals surface area contributed by atoms with E-state index >= 15 is 0 Å². The van der Waals surface area contributed by atoms with E-state index in [-0.39, 0.29) is 0 Å². The Kier molecular flexibility index (Phi) is 15.0. The molecule has 0 N–H and O–H groups in total. The standard InChI is InChI=1S/C94H64N2/c1-3-23-71(24-4-1)91(59-65-35-51-81(52-36-65)95(83-55-47-67-19-7-11-27-77(67)61-83)84-56-48-68-20-8-12-28-78(68)62-84)73-39-43-75(44-40-73)93-87-31-15-17-33-89(87)94(90-34-18-16-32-88(90)93)76-45-41-74(42-46-76)92(72-25-5-2-6-26-72)60-66-37-53-82(54-38-66)96(85-57-49-69-21-9-13-29-79(69)63-85)86-58-50-70-22-10-14-30-80(70)64-86/h1-64H/b91-59+,92-60+. The minimum absolute atomic E-state index is 1.09. The number of hydrogen-bond donors (Lipinski definition) is 0. The first-order valence-electron chi connectivity index (χ1n) is 33.0. The fraction of sp³-hybridized carbons (Fsp3) is 0. The molecule has 0 aliphatic heterocycles. The zero-order valence-corrected chi connectivity index (χ0v) is 52.8. The summed E-state index contributed by atoms with van der Waals surface area (Å²) in [4.78, 5) is 4.74. The summed E-state index contributed by atoms with van der Waals surface area (Å²) in [6, 6.07) is 137. The Bertz CT molecular complexity index is 5210. The third-order valence-corrected chi connectivity index (χ3v) is 19.0. The molecule has 0 spiro atoms. The van der Waals surface area contributed by atoms with Crippen molar-refractivity contribution in [3.05, 3.63) is 409 Å². The number of nitrogens with zero attached hydrogens (tertiary/aromatic N) is 2. The molecular weight excluding hydrogens is 1160 g/mol. The smallest absolute Gasteiger partial charge is 0.0468 e. The van der Waals surface area contributed by atoms with Crippen LogP contribution in [0.15, 0.2) is 376 Å². The highest BCUT2D eigenvalue weighted by Gasteiger charge is 2.20. The van der Waals surface area contributed by atoms with Crippen molar-refractivity contribution < 1.29 is 0 Å². The van der Waals surface area contributed by atoms with Crippen LogP contribution in [0.3, 0.4) is 0 Å². The normalized spacial score (nSPS) is 11.9. The summed E-state index contributed by atoms with van der Waals surface area (Å²) in [5.74, 6) is 0. The summed E-state index contributed by atoms with van der Waals surface area (Å²) in [7, 11) is 0. The highest BCUT2D eigenvalue weighted by molar-refractivity contribution is 6.21. The summed E-state index contributed by atoms with van der Waals surface area (Å²) >= 11 is 0. The zero-order chi connectivity index (χ0) is 63.7. The van der Waals surface area contributed by atoms with Gasteiger partial charge in [-0.2, -0.15) is 0 Å². The molecule has 0 saturated heterocycles. The molecule has 0 unspecified atom stereocenters. The number of hydrogen-bond acceptors (Lipinski definition) is 2. The average molecular weight is 1220 g/mol. The van der Waals surface area contributed by atoms with Gasteiger partial charge in [-0.1, -0.05) is 303 Å². The summed E-state index contributed by atoms with van der Waals surface area (Å²) in [6.45, 7) is 0. The molecule has 17 rings (SSSR count). The molecule has 96 heavy (non-hydrogen) atoms.